The normalized spacial score (nSPS) is 11.1. The van der Waals surface area contributed by atoms with Gasteiger partial charge in [0.15, 0.2) is 0 Å². The number of rotatable bonds is 7. The Labute approximate surface area is 149 Å². The zero-order valence-electron chi connectivity index (χ0n) is 14.9. The molecule has 0 saturated heterocycles. The Morgan fingerprint density at radius 3 is 2.62 bits per heavy atom. The zero-order valence-corrected chi connectivity index (χ0v) is 15.7. The van der Waals surface area contributed by atoms with Crippen LogP contribution in [0.2, 0.25) is 0 Å². The molecule has 24 heavy (non-hydrogen) atoms. The van der Waals surface area contributed by atoms with E-state index in [4.69, 9.17) is 4.74 Å². The standard InChI is InChI=1S/C22H26OS/c1-4-6-7-8-17-13-18(10-9-16(17)3)22-15-19-14-20(23-5-2)11-12-21(19)24-22/h9-15H,4-8H2,1-3H3. The highest BCUT2D eigenvalue weighted by Gasteiger charge is 2.08. The molecule has 0 fully saturated rings. The summed E-state index contributed by atoms with van der Waals surface area (Å²) in [6.45, 7) is 7.22. The van der Waals surface area contributed by atoms with Crippen LogP contribution >= 0.6 is 11.3 Å². The van der Waals surface area contributed by atoms with Gasteiger partial charge in [-0.25, -0.2) is 0 Å². The second-order valence-corrected chi connectivity index (χ2v) is 7.43. The maximum atomic E-state index is 5.62. The minimum absolute atomic E-state index is 0.710. The van der Waals surface area contributed by atoms with Crippen molar-refractivity contribution in [2.24, 2.45) is 0 Å². The zero-order chi connectivity index (χ0) is 16.9. The van der Waals surface area contributed by atoms with Crippen LogP contribution in [-0.2, 0) is 6.42 Å². The van der Waals surface area contributed by atoms with Crippen molar-refractivity contribution in [2.75, 3.05) is 6.61 Å². The van der Waals surface area contributed by atoms with Gasteiger partial charge < -0.3 is 4.74 Å². The second kappa shape index (κ2) is 7.85. The maximum Gasteiger partial charge on any atom is 0.119 e. The smallest absolute Gasteiger partial charge is 0.119 e. The molecule has 0 aliphatic carbocycles. The first-order chi connectivity index (χ1) is 11.7. The molecule has 2 heteroatoms. The van der Waals surface area contributed by atoms with Gasteiger partial charge in [0.25, 0.3) is 0 Å². The SMILES string of the molecule is CCCCCc1cc(-c2cc3cc(OCC)ccc3s2)ccc1C. The maximum absolute atomic E-state index is 5.62. The van der Waals surface area contributed by atoms with Gasteiger partial charge >= 0.3 is 0 Å². The van der Waals surface area contributed by atoms with Gasteiger partial charge in [-0.1, -0.05) is 38.0 Å². The van der Waals surface area contributed by atoms with Crippen molar-refractivity contribution in [1.29, 1.82) is 0 Å². The van der Waals surface area contributed by atoms with E-state index in [1.54, 1.807) is 0 Å². The van der Waals surface area contributed by atoms with E-state index >= 15 is 0 Å². The fourth-order valence-corrected chi connectivity index (χ4v) is 4.12. The Balaban J connectivity index is 1.90. The molecule has 0 bridgehead atoms. The Bertz CT molecular complexity index is 816. The predicted molar refractivity (Wildman–Crippen MR) is 106 cm³/mol. The summed E-state index contributed by atoms with van der Waals surface area (Å²) in [5.74, 6) is 0.957. The molecule has 0 aliphatic heterocycles. The summed E-state index contributed by atoms with van der Waals surface area (Å²) in [5.41, 5.74) is 4.24. The molecule has 3 rings (SSSR count). The van der Waals surface area contributed by atoms with Crippen LogP contribution in [-0.4, -0.2) is 6.61 Å². The van der Waals surface area contributed by atoms with Gasteiger partial charge in [-0.2, -0.15) is 0 Å². The molecule has 1 nitrogen and oxygen atoms in total. The van der Waals surface area contributed by atoms with Crippen LogP contribution in [0.4, 0.5) is 0 Å². The summed E-state index contributed by atoms with van der Waals surface area (Å²) in [4.78, 5) is 1.34. The minimum Gasteiger partial charge on any atom is -0.494 e. The third-order valence-corrected chi connectivity index (χ3v) is 5.65. The highest BCUT2D eigenvalue weighted by Crippen LogP contribution is 2.36. The monoisotopic (exact) mass is 338 g/mol. The minimum atomic E-state index is 0.710. The van der Waals surface area contributed by atoms with Crippen LogP contribution in [0.3, 0.4) is 0 Å². The lowest BCUT2D eigenvalue weighted by Crippen LogP contribution is -1.90. The van der Waals surface area contributed by atoms with Gasteiger partial charge in [0, 0.05) is 9.58 Å². The van der Waals surface area contributed by atoms with Gasteiger partial charge in [0.05, 0.1) is 6.61 Å². The summed E-state index contributed by atoms with van der Waals surface area (Å²) in [6.07, 6.45) is 5.06. The highest BCUT2D eigenvalue weighted by atomic mass is 32.1. The Hall–Kier alpha value is -1.80. The molecule has 126 valence electrons. The number of hydrogen-bond donors (Lipinski definition) is 0. The molecule has 1 aromatic heterocycles. The van der Waals surface area contributed by atoms with E-state index in [2.05, 4.69) is 56.3 Å². The third-order valence-electron chi connectivity index (χ3n) is 4.48. The van der Waals surface area contributed by atoms with Crippen LogP contribution in [0, 0.1) is 6.92 Å². The molecule has 2 aromatic carbocycles. The Morgan fingerprint density at radius 1 is 0.958 bits per heavy atom. The molecule has 0 saturated carbocycles. The van der Waals surface area contributed by atoms with E-state index in [0.717, 1.165) is 5.75 Å². The van der Waals surface area contributed by atoms with Crippen LogP contribution in [0.15, 0.2) is 42.5 Å². The lowest BCUT2D eigenvalue weighted by Gasteiger charge is -2.08. The highest BCUT2D eigenvalue weighted by molar-refractivity contribution is 7.22. The molecule has 0 spiro atoms. The van der Waals surface area contributed by atoms with E-state index in [-0.39, 0.29) is 0 Å². The van der Waals surface area contributed by atoms with Gasteiger partial charge in [-0.3, -0.25) is 0 Å². The van der Waals surface area contributed by atoms with E-state index in [1.165, 1.54) is 57.3 Å². The van der Waals surface area contributed by atoms with E-state index < -0.39 is 0 Å². The predicted octanol–water partition coefficient (Wildman–Crippen LogP) is 7.01. The second-order valence-electron chi connectivity index (χ2n) is 6.34. The van der Waals surface area contributed by atoms with Crippen LogP contribution < -0.4 is 4.74 Å². The number of unbranched alkanes of at least 4 members (excludes halogenated alkanes) is 2. The van der Waals surface area contributed by atoms with Crippen LogP contribution in [0.25, 0.3) is 20.5 Å². The summed E-state index contributed by atoms with van der Waals surface area (Å²) < 4.78 is 6.94. The van der Waals surface area contributed by atoms with Crippen molar-refractivity contribution < 1.29 is 4.74 Å². The van der Waals surface area contributed by atoms with Gasteiger partial charge in [-0.15, -0.1) is 11.3 Å². The van der Waals surface area contributed by atoms with E-state index in [9.17, 15) is 0 Å². The first kappa shape index (κ1) is 17.0. The van der Waals surface area contributed by atoms with Crippen molar-refractivity contribution in [2.45, 2.75) is 46.5 Å². The molecular weight excluding hydrogens is 312 g/mol. The van der Waals surface area contributed by atoms with Crippen LogP contribution in [0.5, 0.6) is 5.75 Å². The molecule has 3 aromatic rings. The summed E-state index contributed by atoms with van der Waals surface area (Å²) >= 11 is 1.86. The first-order valence-corrected chi connectivity index (χ1v) is 9.79. The molecule has 1 heterocycles. The molecule has 0 amide bonds. The lowest BCUT2D eigenvalue weighted by atomic mass is 9.99. The largest absolute Gasteiger partial charge is 0.494 e. The van der Waals surface area contributed by atoms with Gasteiger partial charge in [0.2, 0.25) is 0 Å². The molecule has 0 atom stereocenters. The topological polar surface area (TPSA) is 9.23 Å². The summed E-state index contributed by atoms with van der Waals surface area (Å²) in [7, 11) is 0. The summed E-state index contributed by atoms with van der Waals surface area (Å²) in [6, 6.07) is 15.6. The molecule has 0 N–H and O–H groups in total. The number of aryl methyl sites for hydroxylation is 2. The number of fused-ring (bicyclic) bond motifs is 1. The average Bonchev–Trinajstić information content (AvgIpc) is 3.00. The Morgan fingerprint density at radius 2 is 1.83 bits per heavy atom. The van der Waals surface area contributed by atoms with Crippen LogP contribution in [0.1, 0.15) is 44.2 Å². The Kier molecular flexibility index (Phi) is 5.57. The first-order valence-electron chi connectivity index (χ1n) is 8.97. The van der Waals surface area contributed by atoms with E-state index in [1.807, 2.05) is 18.3 Å². The number of ether oxygens (including phenoxy) is 1. The molecule has 0 radical (unpaired) electrons. The fraction of sp³-hybridized carbons (Fsp3) is 0.364. The number of benzene rings is 2. The number of thiophene rings is 1. The third kappa shape index (κ3) is 3.81. The van der Waals surface area contributed by atoms with Crippen molar-refractivity contribution in [3.8, 4) is 16.2 Å². The lowest BCUT2D eigenvalue weighted by molar-refractivity contribution is 0.341. The van der Waals surface area contributed by atoms with Gasteiger partial charge in [-0.05, 0) is 73.0 Å². The van der Waals surface area contributed by atoms with E-state index in [0.29, 0.717) is 6.61 Å². The molecular formula is C22H26OS. The molecule has 0 unspecified atom stereocenters. The molecule has 0 aliphatic rings. The summed E-state index contributed by atoms with van der Waals surface area (Å²) in [5, 5.41) is 1.27. The fourth-order valence-electron chi connectivity index (χ4n) is 3.08. The van der Waals surface area contributed by atoms with Crippen molar-refractivity contribution in [3.63, 3.8) is 0 Å². The number of hydrogen-bond acceptors (Lipinski definition) is 2. The van der Waals surface area contributed by atoms with Crippen molar-refractivity contribution >= 4 is 21.4 Å². The van der Waals surface area contributed by atoms with Crippen molar-refractivity contribution in [3.05, 3.63) is 53.6 Å². The van der Waals surface area contributed by atoms with Gasteiger partial charge in [0.1, 0.15) is 5.75 Å². The average molecular weight is 339 g/mol. The van der Waals surface area contributed by atoms with Crippen molar-refractivity contribution in [1.82, 2.24) is 0 Å². The quantitative estimate of drug-likeness (QED) is 0.421.